The SMILES string of the molecule is CC(C)(C)OC(=O)N1C2CC(CC2O)C1C(=O)O. The second-order valence-electron chi connectivity index (χ2n) is 6.04. The van der Waals surface area contributed by atoms with E-state index in [1.807, 2.05) is 0 Å². The molecule has 1 aliphatic heterocycles. The molecule has 0 aromatic heterocycles. The summed E-state index contributed by atoms with van der Waals surface area (Å²) in [7, 11) is 0. The number of aliphatic carboxylic acids is 1. The third kappa shape index (κ3) is 2.16. The number of aliphatic hydroxyl groups excluding tert-OH is 1. The smallest absolute Gasteiger partial charge is 0.411 e. The van der Waals surface area contributed by atoms with Gasteiger partial charge in [0, 0.05) is 0 Å². The van der Waals surface area contributed by atoms with Crippen LogP contribution in [-0.4, -0.2) is 51.0 Å². The summed E-state index contributed by atoms with van der Waals surface area (Å²) in [6, 6.07) is -1.29. The highest BCUT2D eigenvalue weighted by molar-refractivity contribution is 5.82. The number of ether oxygens (including phenoxy) is 1. The van der Waals surface area contributed by atoms with E-state index >= 15 is 0 Å². The third-order valence-corrected chi connectivity index (χ3v) is 3.49. The first kappa shape index (κ1) is 13.1. The Kier molecular flexibility index (Phi) is 3.01. The molecule has 1 amide bonds. The van der Waals surface area contributed by atoms with Crippen LogP contribution in [0.1, 0.15) is 33.6 Å². The number of rotatable bonds is 1. The number of carbonyl (C=O) groups excluding carboxylic acids is 1. The fourth-order valence-corrected chi connectivity index (χ4v) is 2.91. The summed E-state index contributed by atoms with van der Waals surface area (Å²) < 4.78 is 5.22. The third-order valence-electron chi connectivity index (χ3n) is 3.49. The predicted molar refractivity (Wildman–Crippen MR) is 62.0 cm³/mol. The number of aliphatic hydroxyl groups is 1. The number of carbonyl (C=O) groups is 2. The second-order valence-corrected chi connectivity index (χ2v) is 6.04. The van der Waals surface area contributed by atoms with Gasteiger partial charge in [0.05, 0.1) is 12.1 Å². The summed E-state index contributed by atoms with van der Waals surface area (Å²) in [6.07, 6.45) is -0.308. The molecule has 0 aromatic rings. The lowest BCUT2D eigenvalue weighted by Crippen LogP contribution is -2.54. The first-order valence-electron chi connectivity index (χ1n) is 6.13. The van der Waals surface area contributed by atoms with E-state index in [1.165, 1.54) is 4.90 Å². The van der Waals surface area contributed by atoms with Crippen LogP contribution in [0, 0.1) is 5.92 Å². The standard InChI is InChI=1S/C12H19NO5/c1-12(2,3)18-11(17)13-7-4-6(5-8(7)14)9(13)10(15)16/h6-9,14H,4-5H2,1-3H3,(H,15,16). The Morgan fingerprint density at radius 2 is 1.89 bits per heavy atom. The minimum Gasteiger partial charge on any atom is -0.480 e. The summed E-state index contributed by atoms with van der Waals surface area (Å²) in [5.41, 5.74) is -0.674. The molecule has 4 atom stereocenters. The van der Waals surface area contributed by atoms with E-state index in [0.717, 1.165) is 0 Å². The molecule has 6 nitrogen and oxygen atoms in total. The minimum atomic E-state index is -1.03. The molecule has 0 radical (unpaired) electrons. The number of carboxylic acids is 1. The van der Waals surface area contributed by atoms with E-state index < -0.39 is 35.9 Å². The Morgan fingerprint density at radius 3 is 2.39 bits per heavy atom. The summed E-state index contributed by atoms with van der Waals surface area (Å²) in [4.78, 5) is 24.5. The number of nitrogens with zero attached hydrogens (tertiary/aromatic N) is 1. The molecule has 2 rings (SSSR count). The summed E-state index contributed by atoms with van der Waals surface area (Å²) in [5.74, 6) is -1.20. The van der Waals surface area contributed by atoms with Gasteiger partial charge in [-0.05, 0) is 39.5 Å². The topological polar surface area (TPSA) is 87.1 Å². The van der Waals surface area contributed by atoms with Gasteiger partial charge in [-0.25, -0.2) is 9.59 Å². The maximum absolute atomic E-state index is 12.0. The Labute approximate surface area is 106 Å². The molecular formula is C12H19NO5. The van der Waals surface area contributed by atoms with E-state index in [2.05, 4.69) is 0 Å². The van der Waals surface area contributed by atoms with Crippen LogP contribution in [-0.2, 0) is 9.53 Å². The average molecular weight is 257 g/mol. The van der Waals surface area contributed by atoms with E-state index in [-0.39, 0.29) is 5.92 Å². The monoisotopic (exact) mass is 257 g/mol. The van der Waals surface area contributed by atoms with Gasteiger partial charge in [0.2, 0.25) is 0 Å². The van der Waals surface area contributed by atoms with Gasteiger partial charge < -0.3 is 14.9 Å². The average Bonchev–Trinajstić information content (AvgIpc) is 2.69. The zero-order chi connectivity index (χ0) is 13.7. The number of amides is 1. The lowest BCUT2D eigenvalue weighted by atomic mass is 9.98. The normalized spacial score (nSPS) is 34.8. The molecule has 2 aliphatic rings. The van der Waals surface area contributed by atoms with Crippen LogP contribution in [0.25, 0.3) is 0 Å². The lowest BCUT2D eigenvalue weighted by Gasteiger charge is -2.36. The van der Waals surface area contributed by atoms with Crippen molar-refractivity contribution in [2.75, 3.05) is 0 Å². The number of likely N-dealkylation sites (tertiary alicyclic amines) is 1. The molecule has 1 saturated heterocycles. The van der Waals surface area contributed by atoms with E-state index in [1.54, 1.807) is 20.8 Å². The van der Waals surface area contributed by atoms with E-state index in [9.17, 15) is 19.8 Å². The van der Waals surface area contributed by atoms with Crippen molar-refractivity contribution >= 4 is 12.1 Å². The van der Waals surface area contributed by atoms with E-state index in [4.69, 9.17) is 4.74 Å². The van der Waals surface area contributed by atoms with Crippen molar-refractivity contribution in [2.24, 2.45) is 5.92 Å². The van der Waals surface area contributed by atoms with Crippen LogP contribution in [0.4, 0.5) is 4.79 Å². The van der Waals surface area contributed by atoms with Gasteiger partial charge in [-0.3, -0.25) is 4.90 Å². The lowest BCUT2D eigenvalue weighted by molar-refractivity contribution is -0.146. The molecule has 0 spiro atoms. The zero-order valence-electron chi connectivity index (χ0n) is 10.8. The Bertz CT molecular complexity index is 375. The number of carboxylic acid groups (broad SMARTS) is 1. The van der Waals surface area contributed by atoms with Crippen LogP contribution < -0.4 is 0 Å². The highest BCUT2D eigenvalue weighted by atomic mass is 16.6. The number of fused-ring (bicyclic) bond motifs is 2. The van der Waals surface area contributed by atoms with Crippen LogP contribution in [0.3, 0.4) is 0 Å². The summed E-state index contributed by atoms with van der Waals surface area (Å²) in [6.45, 7) is 5.18. The van der Waals surface area contributed by atoms with Crippen molar-refractivity contribution in [3.05, 3.63) is 0 Å². The van der Waals surface area contributed by atoms with Crippen molar-refractivity contribution < 1.29 is 24.5 Å². The quantitative estimate of drug-likeness (QED) is 0.726. The Balaban J connectivity index is 2.19. The van der Waals surface area contributed by atoms with Crippen LogP contribution in [0.15, 0.2) is 0 Å². The van der Waals surface area contributed by atoms with Gasteiger partial charge >= 0.3 is 12.1 Å². The summed E-state index contributed by atoms with van der Waals surface area (Å²) >= 11 is 0. The maximum atomic E-state index is 12.0. The largest absolute Gasteiger partial charge is 0.480 e. The fraction of sp³-hybridized carbons (Fsp3) is 0.833. The molecule has 1 aliphatic carbocycles. The molecule has 2 N–H and O–H groups in total. The second kappa shape index (κ2) is 4.12. The van der Waals surface area contributed by atoms with Gasteiger partial charge in [0.1, 0.15) is 11.6 Å². The van der Waals surface area contributed by atoms with Crippen LogP contribution >= 0.6 is 0 Å². The summed E-state index contributed by atoms with van der Waals surface area (Å²) in [5, 5.41) is 19.0. The first-order valence-corrected chi connectivity index (χ1v) is 6.13. The van der Waals surface area contributed by atoms with Gasteiger partial charge in [-0.2, -0.15) is 0 Å². The highest BCUT2D eigenvalue weighted by Gasteiger charge is 2.56. The molecule has 6 heteroatoms. The van der Waals surface area contributed by atoms with Crippen molar-refractivity contribution in [3.8, 4) is 0 Å². The Morgan fingerprint density at radius 1 is 1.28 bits per heavy atom. The number of hydrogen-bond acceptors (Lipinski definition) is 4. The van der Waals surface area contributed by atoms with Crippen LogP contribution in [0.2, 0.25) is 0 Å². The first-order chi connectivity index (χ1) is 8.20. The maximum Gasteiger partial charge on any atom is 0.411 e. The van der Waals surface area contributed by atoms with Gasteiger partial charge in [-0.1, -0.05) is 0 Å². The van der Waals surface area contributed by atoms with Crippen LogP contribution in [0.5, 0.6) is 0 Å². The molecule has 2 bridgehead atoms. The molecule has 4 unspecified atom stereocenters. The van der Waals surface area contributed by atoms with Crippen molar-refractivity contribution in [3.63, 3.8) is 0 Å². The number of hydrogen-bond donors (Lipinski definition) is 2. The minimum absolute atomic E-state index is 0.171. The van der Waals surface area contributed by atoms with Crippen molar-refractivity contribution in [1.29, 1.82) is 0 Å². The predicted octanol–water partition coefficient (Wildman–Crippen LogP) is 0.830. The molecule has 102 valence electrons. The fourth-order valence-electron chi connectivity index (χ4n) is 2.91. The van der Waals surface area contributed by atoms with Gasteiger partial charge in [-0.15, -0.1) is 0 Å². The number of piperidine rings is 1. The molecule has 0 aromatic carbocycles. The molecule has 1 heterocycles. The highest BCUT2D eigenvalue weighted by Crippen LogP contribution is 2.43. The van der Waals surface area contributed by atoms with Gasteiger partial charge in [0.15, 0.2) is 0 Å². The molecule has 1 saturated carbocycles. The van der Waals surface area contributed by atoms with E-state index in [0.29, 0.717) is 12.8 Å². The molecule has 18 heavy (non-hydrogen) atoms. The molecular weight excluding hydrogens is 238 g/mol. The zero-order valence-corrected chi connectivity index (χ0v) is 10.8. The van der Waals surface area contributed by atoms with Crippen molar-refractivity contribution in [2.45, 2.75) is 57.4 Å². The van der Waals surface area contributed by atoms with Gasteiger partial charge in [0.25, 0.3) is 0 Å². The van der Waals surface area contributed by atoms with Crippen molar-refractivity contribution in [1.82, 2.24) is 4.90 Å². The molecule has 2 fully saturated rings. The Hall–Kier alpha value is -1.30.